The molecule has 1 N–H and O–H groups in total. The molecule has 2 aromatic heterocycles. The third kappa shape index (κ3) is 5.22. The minimum Gasteiger partial charge on any atom is -0.346 e. The molecule has 0 radical (unpaired) electrons. The number of carbonyl (C=O) groups excluding carboxylic acids is 2. The number of benzene rings is 1. The van der Waals surface area contributed by atoms with E-state index in [4.69, 9.17) is 0 Å². The summed E-state index contributed by atoms with van der Waals surface area (Å²) in [6.07, 6.45) is 3.21. The van der Waals surface area contributed by atoms with Gasteiger partial charge in [-0.05, 0) is 43.2 Å². The normalized spacial score (nSPS) is 14.5. The standard InChI is InChI=1S/C24H28N4O2S/c1-27(13-5-9-20-17-21(26-25-20)18-7-3-2-4-8-18)23(29)19-11-14-28(15-12-19)24(30)22-10-6-16-31-22/h2-4,6-8,10,16-17,19H,5,9,11-15H2,1H3,(H,25,26). The lowest BCUT2D eigenvalue weighted by atomic mass is 9.95. The van der Waals surface area contributed by atoms with Crippen LogP contribution in [0.3, 0.4) is 0 Å². The fourth-order valence-electron chi connectivity index (χ4n) is 4.06. The SMILES string of the molecule is CN(CCCc1cc(-c2ccccc2)n[nH]1)C(=O)C1CCN(C(=O)c2cccs2)CC1. The highest BCUT2D eigenvalue weighted by atomic mass is 32.1. The van der Waals surface area contributed by atoms with Crippen LogP contribution in [0.4, 0.5) is 0 Å². The summed E-state index contributed by atoms with van der Waals surface area (Å²) in [5.41, 5.74) is 3.13. The van der Waals surface area contributed by atoms with Gasteiger partial charge in [-0.2, -0.15) is 5.10 Å². The van der Waals surface area contributed by atoms with Gasteiger partial charge in [0.1, 0.15) is 0 Å². The predicted molar refractivity (Wildman–Crippen MR) is 123 cm³/mol. The average molecular weight is 437 g/mol. The molecule has 0 saturated carbocycles. The van der Waals surface area contributed by atoms with Gasteiger partial charge in [-0.1, -0.05) is 36.4 Å². The van der Waals surface area contributed by atoms with Crippen molar-refractivity contribution in [2.75, 3.05) is 26.7 Å². The summed E-state index contributed by atoms with van der Waals surface area (Å²) in [5.74, 6) is 0.288. The Morgan fingerprint density at radius 3 is 2.65 bits per heavy atom. The molecule has 1 aromatic carbocycles. The first-order chi connectivity index (χ1) is 15.1. The maximum absolute atomic E-state index is 12.8. The Bertz CT molecular complexity index is 992. The van der Waals surface area contributed by atoms with Crippen LogP contribution in [0.5, 0.6) is 0 Å². The number of hydrogen-bond acceptors (Lipinski definition) is 4. The van der Waals surface area contributed by atoms with Crippen molar-refractivity contribution in [3.8, 4) is 11.3 Å². The van der Waals surface area contributed by atoms with Crippen molar-refractivity contribution in [3.63, 3.8) is 0 Å². The van der Waals surface area contributed by atoms with Crippen LogP contribution in [0.15, 0.2) is 53.9 Å². The molecule has 1 saturated heterocycles. The fourth-order valence-corrected chi connectivity index (χ4v) is 4.75. The highest BCUT2D eigenvalue weighted by molar-refractivity contribution is 7.12. The predicted octanol–water partition coefficient (Wildman–Crippen LogP) is 4.08. The second-order valence-electron chi connectivity index (χ2n) is 8.05. The van der Waals surface area contributed by atoms with Gasteiger partial charge in [0.25, 0.3) is 5.91 Å². The Morgan fingerprint density at radius 1 is 1.16 bits per heavy atom. The van der Waals surface area contributed by atoms with Crippen LogP contribution in [-0.2, 0) is 11.2 Å². The number of rotatable bonds is 7. The number of nitrogens with zero attached hydrogens (tertiary/aromatic N) is 3. The third-order valence-electron chi connectivity index (χ3n) is 5.88. The molecule has 2 amide bonds. The summed E-state index contributed by atoms with van der Waals surface area (Å²) in [4.78, 5) is 29.8. The lowest BCUT2D eigenvalue weighted by Crippen LogP contribution is -2.43. The monoisotopic (exact) mass is 436 g/mol. The maximum atomic E-state index is 12.8. The average Bonchev–Trinajstić information content (AvgIpc) is 3.51. The number of H-pyrrole nitrogens is 1. The molecule has 4 rings (SSSR count). The van der Waals surface area contributed by atoms with Gasteiger partial charge in [-0.25, -0.2) is 0 Å². The zero-order valence-corrected chi connectivity index (χ0v) is 18.6. The lowest BCUT2D eigenvalue weighted by molar-refractivity contribution is -0.135. The van der Waals surface area contributed by atoms with Crippen molar-refractivity contribution >= 4 is 23.2 Å². The van der Waals surface area contributed by atoms with Gasteiger partial charge in [-0.15, -0.1) is 11.3 Å². The van der Waals surface area contributed by atoms with Gasteiger partial charge in [-0.3, -0.25) is 14.7 Å². The molecule has 0 bridgehead atoms. The molecule has 6 nitrogen and oxygen atoms in total. The molecule has 1 aliphatic rings. The third-order valence-corrected chi connectivity index (χ3v) is 6.74. The number of aromatic nitrogens is 2. The van der Waals surface area contributed by atoms with Gasteiger partial charge < -0.3 is 9.80 Å². The van der Waals surface area contributed by atoms with E-state index in [0.29, 0.717) is 19.6 Å². The number of aryl methyl sites for hydroxylation is 1. The molecule has 7 heteroatoms. The number of aromatic amines is 1. The van der Waals surface area contributed by atoms with Crippen LogP contribution >= 0.6 is 11.3 Å². The number of amides is 2. The molecule has 1 fully saturated rings. The molecule has 162 valence electrons. The van der Waals surface area contributed by atoms with Crippen molar-refractivity contribution in [1.82, 2.24) is 20.0 Å². The second-order valence-corrected chi connectivity index (χ2v) is 9.00. The largest absolute Gasteiger partial charge is 0.346 e. The summed E-state index contributed by atoms with van der Waals surface area (Å²) in [6, 6.07) is 15.9. The van der Waals surface area contributed by atoms with E-state index >= 15 is 0 Å². The topological polar surface area (TPSA) is 69.3 Å². The highest BCUT2D eigenvalue weighted by Crippen LogP contribution is 2.22. The number of likely N-dealkylation sites (tertiary alicyclic amines) is 1. The fraction of sp³-hybridized carbons (Fsp3) is 0.375. The van der Waals surface area contributed by atoms with Crippen LogP contribution < -0.4 is 0 Å². The molecule has 0 aliphatic carbocycles. The first kappa shape index (κ1) is 21.3. The van der Waals surface area contributed by atoms with E-state index in [-0.39, 0.29) is 17.7 Å². The number of thiophene rings is 1. The van der Waals surface area contributed by atoms with E-state index in [1.165, 1.54) is 11.3 Å². The van der Waals surface area contributed by atoms with E-state index in [9.17, 15) is 9.59 Å². The van der Waals surface area contributed by atoms with Gasteiger partial charge in [0.05, 0.1) is 10.6 Å². The number of carbonyl (C=O) groups is 2. The second kappa shape index (κ2) is 9.92. The number of hydrogen-bond donors (Lipinski definition) is 1. The zero-order valence-electron chi connectivity index (χ0n) is 17.8. The zero-order chi connectivity index (χ0) is 21.6. The molecule has 3 heterocycles. The van der Waals surface area contributed by atoms with Crippen molar-refractivity contribution in [2.45, 2.75) is 25.7 Å². The smallest absolute Gasteiger partial charge is 0.263 e. The first-order valence-electron chi connectivity index (χ1n) is 10.8. The van der Waals surface area contributed by atoms with E-state index in [1.54, 1.807) is 0 Å². The van der Waals surface area contributed by atoms with Crippen molar-refractivity contribution in [1.29, 1.82) is 0 Å². The van der Waals surface area contributed by atoms with Crippen LogP contribution in [0, 0.1) is 5.92 Å². The molecular formula is C24H28N4O2S. The lowest BCUT2D eigenvalue weighted by Gasteiger charge is -2.33. The van der Waals surface area contributed by atoms with Gasteiger partial charge in [0.2, 0.25) is 5.91 Å². The minimum absolute atomic E-state index is 0.00854. The Kier molecular flexibility index (Phi) is 6.82. The minimum atomic E-state index is 0.00854. The summed E-state index contributed by atoms with van der Waals surface area (Å²) in [7, 11) is 1.88. The molecule has 0 atom stereocenters. The molecule has 0 spiro atoms. The molecular weight excluding hydrogens is 408 g/mol. The maximum Gasteiger partial charge on any atom is 0.263 e. The number of piperidine rings is 1. The first-order valence-corrected chi connectivity index (χ1v) is 11.7. The van der Waals surface area contributed by atoms with Crippen LogP contribution in [0.1, 0.15) is 34.6 Å². The highest BCUT2D eigenvalue weighted by Gasteiger charge is 2.29. The van der Waals surface area contributed by atoms with E-state index < -0.39 is 0 Å². The Balaban J connectivity index is 1.21. The number of nitrogens with one attached hydrogen (secondary N) is 1. The Morgan fingerprint density at radius 2 is 1.94 bits per heavy atom. The van der Waals surface area contributed by atoms with Crippen LogP contribution in [-0.4, -0.2) is 58.5 Å². The summed E-state index contributed by atoms with van der Waals surface area (Å²) in [6.45, 7) is 2.02. The van der Waals surface area contributed by atoms with E-state index in [1.807, 2.05) is 64.7 Å². The molecule has 3 aromatic rings. The van der Waals surface area contributed by atoms with Gasteiger partial charge >= 0.3 is 0 Å². The molecule has 1 aliphatic heterocycles. The quantitative estimate of drug-likeness (QED) is 0.607. The molecule has 31 heavy (non-hydrogen) atoms. The van der Waals surface area contributed by atoms with Crippen molar-refractivity contribution < 1.29 is 9.59 Å². The van der Waals surface area contributed by atoms with E-state index in [0.717, 1.165) is 47.5 Å². The summed E-state index contributed by atoms with van der Waals surface area (Å²) >= 11 is 1.47. The Hall–Kier alpha value is -2.93. The summed E-state index contributed by atoms with van der Waals surface area (Å²) < 4.78 is 0. The van der Waals surface area contributed by atoms with Gasteiger partial charge in [0, 0.05) is 43.9 Å². The van der Waals surface area contributed by atoms with Gasteiger partial charge in [0.15, 0.2) is 0 Å². The van der Waals surface area contributed by atoms with Crippen molar-refractivity contribution in [2.24, 2.45) is 5.92 Å². The van der Waals surface area contributed by atoms with Crippen LogP contribution in [0.2, 0.25) is 0 Å². The Labute approximate surface area is 186 Å². The molecule has 0 unspecified atom stereocenters. The summed E-state index contributed by atoms with van der Waals surface area (Å²) in [5, 5.41) is 9.42. The van der Waals surface area contributed by atoms with E-state index in [2.05, 4.69) is 16.3 Å². The van der Waals surface area contributed by atoms with Crippen LogP contribution in [0.25, 0.3) is 11.3 Å². The van der Waals surface area contributed by atoms with Crippen molar-refractivity contribution in [3.05, 3.63) is 64.5 Å².